The van der Waals surface area contributed by atoms with Crippen molar-refractivity contribution >= 4 is 0 Å². The topological polar surface area (TPSA) is 0 Å². The quantitative estimate of drug-likeness (QED) is 0.279. The zero-order valence-electron chi connectivity index (χ0n) is 23.8. The number of hydrogen-bond donors (Lipinski definition) is 0. The van der Waals surface area contributed by atoms with E-state index in [1.165, 1.54) is 55.6 Å². The molecule has 0 aromatic heterocycles. The monoisotopic (exact) mass is 600 g/mol. The molecule has 0 nitrogen and oxygen atoms in total. The molecule has 0 bridgehead atoms. The molecule has 0 spiro atoms. The van der Waals surface area contributed by atoms with Gasteiger partial charge in [-0.2, -0.15) is 0 Å². The van der Waals surface area contributed by atoms with Gasteiger partial charge in [-0.25, -0.2) is 0 Å². The first kappa shape index (κ1) is 34.8. The standard InChI is InChI=1S/C34H39.3ClH.Ti/c1-9-28(8)32-11-10-12-33(32)34(29-16-22(2)13-23(3)17-29,30-18-24(4)14-25(5)19-30)31-20-26(6)15-27(7)21-31;;;;/h10-21,28H,9H2,1-8H3;3*1H;/q;;;;+3/p-3. The van der Waals surface area contributed by atoms with E-state index in [1.54, 1.807) is 0 Å². The number of halogens is 3. The summed E-state index contributed by atoms with van der Waals surface area (Å²) < 4.78 is -0.205. The smallest absolute Gasteiger partial charge is 1.00 e. The summed E-state index contributed by atoms with van der Waals surface area (Å²) >= 11 is 2.49. The molecule has 0 saturated heterocycles. The van der Waals surface area contributed by atoms with Gasteiger partial charge in [0.1, 0.15) is 0 Å². The normalized spacial score (nSPS) is 17.2. The third-order valence-electron chi connectivity index (χ3n) is 7.78. The van der Waals surface area contributed by atoms with Crippen LogP contribution in [0.1, 0.15) is 70.3 Å². The minimum absolute atomic E-state index is 0. The third kappa shape index (κ3) is 6.06. The zero-order valence-corrected chi connectivity index (χ0v) is 27.7. The van der Waals surface area contributed by atoms with Gasteiger partial charge in [0.05, 0.1) is 0 Å². The maximum atomic E-state index is 2.49. The van der Waals surface area contributed by atoms with Gasteiger partial charge >= 0.3 is 226 Å². The molecule has 1 aliphatic rings. The SMILES string of the molecule is CCC(C)C1=CC=C[C]1([Ti+3])C(c1cc(C)cc(C)c1)(c1cc(C)cc(C)c1)c1cc(C)cc(C)c1.[Cl-].[Cl-].[Cl-]. The third-order valence-corrected chi connectivity index (χ3v) is 9.07. The van der Waals surface area contributed by atoms with Crippen molar-refractivity contribution in [2.24, 2.45) is 5.92 Å². The first-order valence-corrected chi connectivity index (χ1v) is 13.7. The summed E-state index contributed by atoms with van der Waals surface area (Å²) in [5.41, 5.74) is 13.2. The number of aryl methyl sites for hydroxylation is 6. The molecule has 3 aromatic rings. The largest absolute Gasteiger partial charge is 1.00 e. The zero-order chi connectivity index (χ0) is 25.5. The van der Waals surface area contributed by atoms with Crippen LogP contribution in [-0.2, 0) is 25.9 Å². The predicted octanol–water partition coefficient (Wildman–Crippen LogP) is 0.131. The van der Waals surface area contributed by atoms with Crippen LogP contribution in [0.3, 0.4) is 0 Å². The van der Waals surface area contributed by atoms with Crippen LogP contribution in [0.4, 0.5) is 0 Å². The molecule has 0 radical (unpaired) electrons. The Morgan fingerprint density at radius 1 is 0.632 bits per heavy atom. The minimum atomic E-state index is -0.362. The van der Waals surface area contributed by atoms with E-state index in [-0.39, 0.29) is 46.4 Å². The molecule has 0 aliphatic heterocycles. The maximum Gasteiger partial charge on any atom is -1.00 e. The summed E-state index contributed by atoms with van der Waals surface area (Å²) in [5, 5.41) is 0. The Hall–Kier alpha value is -1.28. The molecule has 1 aliphatic carbocycles. The van der Waals surface area contributed by atoms with Crippen LogP contribution in [-0.4, -0.2) is 0 Å². The second-order valence-electron chi connectivity index (χ2n) is 11.0. The summed E-state index contributed by atoms with van der Waals surface area (Å²) in [6.07, 6.45) is 8.33. The Morgan fingerprint density at radius 2 is 0.947 bits per heavy atom. The van der Waals surface area contributed by atoms with Crippen LogP contribution in [0, 0.1) is 47.5 Å². The van der Waals surface area contributed by atoms with E-state index in [0.29, 0.717) is 5.92 Å². The molecule has 0 amide bonds. The Labute approximate surface area is 261 Å². The molecular weight excluding hydrogens is 563 g/mol. The van der Waals surface area contributed by atoms with Gasteiger partial charge in [0.2, 0.25) is 0 Å². The van der Waals surface area contributed by atoms with Crippen LogP contribution in [0.15, 0.2) is 78.4 Å². The fourth-order valence-corrected chi connectivity index (χ4v) is 7.74. The summed E-state index contributed by atoms with van der Waals surface area (Å²) in [4.78, 5) is 0. The van der Waals surface area contributed by atoms with Crippen LogP contribution >= 0.6 is 0 Å². The minimum Gasteiger partial charge on any atom is -1.00 e. The Balaban J connectivity index is 0.00000241. The second-order valence-corrected chi connectivity index (χ2v) is 12.2. The van der Waals surface area contributed by atoms with Crippen molar-refractivity contribution in [3.8, 4) is 0 Å². The average molecular weight is 602 g/mol. The molecule has 2 atom stereocenters. The van der Waals surface area contributed by atoms with Gasteiger partial charge in [-0.3, -0.25) is 0 Å². The van der Waals surface area contributed by atoms with Gasteiger partial charge < -0.3 is 37.2 Å². The fourth-order valence-electron chi connectivity index (χ4n) is 6.39. The van der Waals surface area contributed by atoms with Crippen LogP contribution in [0.25, 0.3) is 0 Å². The van der Waals surface area contributed by atoms with Crippen LogP contribution in [0.5, 0.6) is 0 Å². The Kier molecular flexibility index (Phi) is 12.2. The molecule has 0 heterocycles. The van der Waals surface area contributed by atoms with E-state index in [9.17, 15) is 0 Å². The molecule has 4 heteroatoms. The average Bonchev–Trinajstić information content (AvgIpc) is 3.14. The molecule has 0 fully saturated rings. The van der Waals surface area contributed by atoms with Gasteiger partial charge in [-0.15, -0.1) is 0 Å². The van der Waals surface area contributed by atoms with Crippen molar-refractivity contribution in [3.63, 3.8) is 0 Å². The number of rotatable bonds is 6. The first-order chi connectivity index (χ1) is 16.5. The van der Waals surface area contributed by atoms with Gasteiger partial charge in [0.25, 0.3) is 0 Å². The molecule has 38 heavy (non-hydrogen) atoms. The van der Waals surface area contributed by atoms with Crippen molar-refractivity contribution in [2.45, 2.75) is 70.9 Å². The van der Waals surface area contributed by atoms with Crippen molar-refractivity contribution in [1.82, 2.24) is 0 Å². The van der Waals surface area contributed by atoms with Crippen molar-refractivity contribution in [3.05, 3.63) is 128 Å². The van der Waals surface area contributed by atoms with E-state index < -0.39 is 0 Å². The van der Waals surface area contributed by atoms with E-state index in [4.69, 9.17) is 0 Å². The predicted molar refractivity (Wildman–Crippen MR) is 147 cm³/mol. The van der Waals surface area contributed by atoms with Crippen molar-refractivity contribution in [1.29, 1.82) is 0 Å². The Bertz CT molecular complexity index is 1150. The maximum absolute atomic E-state index is 2.49. The van der Waals surface area contributed by atoms with Crippen molar-refractivity contribution in [2.75, 3.05) is 0 Å². The van der Waals surface area contributed by atoms with E-state index >= 15 is 0 Å². The van der Waals surface area contributed by atoms with E-state index in [1.807, 2.05) is 0 Å². The van der Waals surface area contributed by atoms with Gasteiger partial charge in [-0.1, -0.05) is 0 Å². The molecule has 3 aromatic carbocycles. The summed E-state index contributed by atoms with van der Waals surface area (Å²) in [6, 6.07) is 21.5. The molecule has 0 saturated carbocycles. The molecule has 4 rings (SSSR count). The second kappa shape index (κ2) is 13.4. The number of benzene rings is 3. The first-order valence-electron chi connectivity index (χ1n) is 12.9. The van der Waals surface area contributed by atoms with Crippen LogP contribution in [0.2, 0.25) is 3.72 Å². The van der Waals surface area contributed by atoms with Crippen molar-refractivity contribution < 1.29 is 57.7 Å². The molecule has 0 N–H and O–H groups in total. The van der Waals surface area contributed by atoms with E-state index in [0.717, 1.165) is 6.42 Å². The van der Waals surface area contributed by atoms with Gasteiger partial charge in [0.15, 0.2) is 0 Å². The molecule has 2 unspecified atom stereocenters. The van der Waals surface area contributed by atoms with E-state index in [2.05, 4.69) is 149 Å². The number of hydrogen-bond acceptors (Lipinski definition) is 0. The number of allylic oxidation sites excluding steroid dienone is 4. The van der Waals surface area contributed by atoms with Crippen LogP contribution < -0.4 is 37.2 Å². The van der Waals surface area contributed by atoms with Gasteiger partial charge in [-0.05, 0) is 0 Å². The fraction of sp³-hybridized carbons (Fsp3) is 0.353. The Morgan fingerprint density at radius 3 is 1.24 bits per heavy atom. The molecular formula is C34H39Cl3Ti. The summed E-state index contributed by atoms with van der Waals surface area (Å²) in [7, 11) is 0. The van der Waals surface area contributed by atoms with Gasteiger partial charge in [0, 0.05) is 0 Å². The summed E-state index contributed by atoms with van der Waals surface area (Å²) in [5.74, 6) is 0.497. The molecule has 200 valence electrons. The summed E-state index contributed by atoms with van der Waals surface area (Å²) in [6.45, 7) is 18.1.